The number of carbonyl (C=O) groups is 2. The minimum atomic E-state index is -0.845. The zero-order valence-corrected chi connectivity index (χ0v) is 53.4. The Morgan fingerprint density at radius 1 is 0.354 bits per heavy atom. The van der Waals surface area contributed by atoms with Crippen LogP contribution in [0.3, 0.4) is 0 Å². The lowest BCUT2D eigenvalue weighted by atomic mass is 10.0. The maximum absolute atomic E-state index is 12.5. The van der Waals surface area contributed by atoms with Crippen molar-refractivity contribution >= 4 is 11.9 Å². The van der Waals surface area contributed by atoms with E-state index in [0.29, 0.717) is 19.4 Å². The highest BCUT2D eigenvalue weighted by Gasteiger charge is 2.18. The van der Waals surface area contributed by atoms with Crippen LogP contribution in [0.4, 0.5) is 0 Å². The molecular weight excluding hydrogens is 971 g/mol. The third-order valence-electron chi connectivity index (χ3n) is 16.7. The van der Waals surface area contributed by atoms with Crippen LogP contribution in [0.5, 0.6) is 0 Å². The molecule has 2 atom stereocenters. The Hall–Kier alpha value is -1.92. The highest BCUT2D eigenvalue weighted by atomic mass is 16.5. The predicted molar refractivity (Wildman–Crippen MR) is 347 cm³/mol. The first-order chi connectivity index (χ1) is 39.0. The van der Waals surface area contributed by atoms with Gasteiger partial charge in [-0.05, 0) is 64.2 Å². The van der Waals surface area contributed by atoms with E-state index >= 15 is 0 Å². The molecular formula is C73H139NO5. The first kappa shape index (κ1) is 77.1. The van der Waals surface area contributed by atoms with Gasteiger partial charge in [-0.2, -0.15) is 0 Å². The second-order valence-corrected chi connectivity index (χ2v) is 24.6. The van der Waals surface area contributed by atoms with Crippen LogP contribution < -0.4 is 5.32 Å². The molecule has 0 rings (SSSR count). The summed E-state index contributed by atoms with van der Waals surface area (Å²) in [5, 5.41) is 23.2. The van der Waals surface area contributed by atoms with Gasteiger partial charge in [-0.3, -0.25) is 9.59 Å². The number of ether oxygens (including phenoxy) is 1. The summed E-state index contributed by atoms with van der Waals surface area (Å²) in [7, 11) is 0. The molecule has 2 unspecified atom stereocenters. The van der Waals surface area contributed by atoms with E-state index in [1.807, 2.05) is 6.08 Å². The van der Waals surface area contributed by atoms with Gasteiger partial charge in [0.05, 0.1) is 25.4 Å². The number of aliphatic hydroxyl groups excluding tert-OH is 2. The zero-order valence-electron chi connectivity index (χ0n) is 53.4. The molecule has 0 fully saturated rings. The van der Waals surface area contributed by atoms with Crippen molar-refractivity contribution in [1.82, 2.24) is 5.32 Å². The van der Waals surface area contributed by atoms with Crippen LogP contribution in [0.2, 0.25) is 0 Å². The SMILES string of the molecule is CCCCCCCCCCCCCCCCCC/C=C/C(O)C(CO)NC(=O)CCCCCCCCCCCCCCCCC/C=C\C/C=C\CCCCCCCCCCCOC(=O)CCCCCCCCCCCCCCC. The van der Waals surface area contributed by atoms with E-state index < -0.39 is 12.1 Å². The van der Waals surface area contributed by atoms with Crippen molar-refractivity contribution < 1.29 is 24.5 Å². The van der Waals surface area contributed by atoms with Gasteiger partial charge in [0.1, 0.15) is 0 Å². The molecule has 6 heteroatoms. The van der Waals surface area contributed by atoms with Gasteiger partial charge >= 0.3 is 5.97 Å². The summed E-state index contributed by atoms with van der Waals surface area (Å²) >= 11 is 0. The van der Waals surface area contributed by atoms with Gasteiger partial charge in [0, 0.05) is 12.8 Å². The summed E-state index contributed by atoms with van der Waals surface area (Å²) in [6, 6.07) is -0.628. The van der Waals surface area contributed by atoms with Crippen LogP contribution in [-0.4, -0.2) is 47.4 Å². The Morgan fingerprint density at radius 2 is 0.633 bits per heavy atom. The number of unbranched alkanes of at least 4 members (excludes halogenated alkanes) is 52. The van der Waals surface area contributed by atoms with Gasteiger partial charge in [0.15, 0.2) is 0 Å². The van der Waals surface area contributed by atoms with E-state index in [2.05, 4.69) is 43.5 Å². The third kappa shape index (κ3) is 65.1. The first-order valence-electron chi connectivity index (χ1n) is 35.8. The first-order valence-corrected chi connectivity index (χ1v) is 35.8. The van der Waals surface area contributed by atoms with E-state index in [4.69, 9.17) is 4.74 Å². The fourth-order valence-corrected chi connectivity index (χ4v) is 11.2. The Morgan fingerprint density at radius 3 is 0.962 bits per heavy atom. The minimum absolute atomic E-state index is 0.0148. The van der Waals surface area contributed by atoms with Crippen LogP contribution in [-0.2, 0) is 14.3 Å². The molecule has 0 bridgehead atoms. The molecule has 0 aliphatic rings. The van der Waals surface area contributed by atoms with Crippen LogP contribution >= 0.6 is 0 Å². The van der Waals surface area contributed by atoms with Gasteiger partial charge in [0.2, 0.25) is 5.91 Å². The quantitative estimate of drug-likeness (QED) is 0.0320. The van der Waals surface area contributed by atoms with Crippen LogP contribution in [0, 0.1) is 0 Å². The molecule has 6 nitrogen and oxygen atoms in total. The lowest BCUT2D eigenvalue weighted by Crippen LogP contribution is -2.45. The fourth-order valence-electron chi connectivity index (χ4n) is 11.2. The number of hydrogen-bond donors (Lipinski definition) is 3. The van der Waals surface area contributed by atoms with E-state index in [0.717, 1.165) is 44.9 Å². The number of amides is 1. The van der Waals surface area contributed by atoms with Crippen molar-refractivity contribution in [2.45, 2.75) is 405 Å². The molecule has 79 heavy (non-hydrogen) atoms. The normalized spacial score (nSPS) is 12.7. The predicted octanol–water partition coefficient (Wildman–Crippen LogP) is 23.1. The Kier molecular flexibility index (Phi) is 66.9. The maximum atomic E-state index is 12.5. The van der Waals surface area contributed by atoms with Gasteiger partial charge < -0.3 is 20.3 Å². The maximum Gasteiger partial charge on any atom is 0.305 e. The fraction of sp³-hybridized carbons (Fsp3) is 0.890. The Balaban J connectivity index is 3.41. The van der Waals surface area contributed by atoms with Crippen molar-refractivity contribution in [2.24, 2.45) is 0 Å². The van der Waals surface area contributed by atoms with Crippen LogP contribution in [0.1, 0.15) is 393 Å². The molecule has 466 valence electrons. The summed E-state index contributed by atoms with van der Waals surface area (Å²) < 4.78 is 5.48. The minimum Gasteiger partial charge on any atom is -0.466 e. The largest absolute Gasteiger partial charge is 0.466 e. The second kappa shape index (κ2) is 68.6. The number of aliphatic hydroxyl groups is 2. The summed E-state index contributed by atoms with van der Waals surface area (Å²) in [4.78, 5) is 24.6. The standard InChI is InChI=1S/C73H139NO5/c1-3-5-7-9-11-13-15-17-18-19-35-38-42-45-49-53-57-61-65-71(76)70(69-75)74-72(77)66-62-58-54-50-46-43-39-36-33-31-29-27-25-23-21-20-22-24-26-28-30-32-34-37-40-44-48-52-56-60-64-68-79-73(78)67-63-59-55-51-47-41-16-14-12-10-8-6-4-2/h22,24,28,30,61,65,70-71,75-76H,3-21,23,25-27,29,31-60,62-64,66-69H2,1-2H3,(H,74,77)/b24-22-,30-28-,65-61+. The summed E-state index contributed by atoms with van der Waals surface area (Å²) in [6.07, 6.45) is 88.0. The summed E-state index contributed by atoms with van der Waals surface area (Å²) in [6.45, 7) is 4.93. The smallest absolute Gasteiger partial charge is 0.305 e. The van der Waals surface area contributed by atoms with Crippen molar-refractivity contribution in [3.8, 4) is 0 Å². The number of nitrogens with one attached hydrogen (secondary N) is 1. The average Bonchev–Trinajstić information content (AvgIpc) is 3.45. The zero-order chi connectivity index (χ0) is 57.1. The number of hydrogen-bond acceptors (Lipinski definition) is 5. The molecule has 0 aromatic rings. The number of rotatable bonds is 67. The molecule has 0 heterocycles. The Bertz CT molecular complexity index is 1280. The van der Waals surface area contributed by atoms with E-state index in [1.54, 1.807) is 6.08 Å². The molecule has 0 aliphatic carbocycles. The highest BCUT2D eigenvalue weighted by molar-refractivity contribution is 5.76. The summed E-state index contributed by atoms with van der Waals surface area (Å²) in [5.74, 6) is -0.0494. The number of carbonyl (C=O) groups excluding carboxylic acids is 2. The van der Waals surface area contributed by atoms with E-state index in [9.17, 15) is 19.8 Å². The molecule has 0 spiro atoms. The number of esters is 1. The molecule has 0 aromatic heterocycles. The van der Waals surface area contributed by atoms with Gasteiger partial charge in [-0.25, -0.2) is 0 Å². The third-order valence-corrected chi connectivity index (χ3v) is 16.7. The van der Waals surface area contributed by atoms with Gasteiger partial charge in [-0.1, -0.05) is 352 Å². The monoisotopic (exact) mass is 1110 g/mol. The van der Waals surface area contributed by atoms with Crippen molar-refractivity contribution in [3.05, 3.63) is 36.5 Å². The molecule has 1 amide bonds. The topological polar surface area (TPSA) is 95.9 Å². The molecule has 3 N–H and O–H groups in total. The van der Waals surface area contributed by atoms with Crippen molar-refractivity contribution in [3.63, 3.8) is 0 Å². The van der Waals surface area contributed by atoms with Crippen molar-refractivity contribution in [2.75, 3.05) is 13.2 Å². The van der Waals surface area contributed by atoms with Crippen LogP contribution in [0.15, 0.2) is 36.5 Å². The Labute approximate surface area is 494 Å². The average molecular weight is 1110 g/mol. The lowest BCUT2D eigenvalue weighted by molar-refractivity contribution is -0.143. The second-order valence-electron chi connectivity index (χ2n) is 24.6. The highest BCUT2D eigenvalue weighted by Crippen LogP contribution is 2.18. The van der Waals surface area contributed by atoms with E-state index in [-0.39, 0.29) is 18.5 Å². The molecule has 0 aromatic carbocycles. The molecule has 0 saturated carbocycles. The molecule has 0 radical (unpaired) electrons. The van der Waals surface area contributed by atoms with Crippen LogP contribution in [0.25, 0.3) is 0 Å². The van der Waals surface area contributed by atoms with Gasteiger partial charge in [0.25, 0.3) is 0 Å². The molecule has 0 aliphatic heterocycles. The van der Waals surface area contributed by atoms with Crippen molar-refractivity contribution in [1.29, 1.82) is 0 Å². The molecule has 0 saturated heterocycles. The number of allylic oxidation sites excluding steroid dienone is 5. The van der Waals surface area contributed by atoms with Gasteiger partial charge in [-0.15, -0.1) is 0 Å². The lowest BCUT2D eigenvalue weighted by Gasteiger charge is -2.20. The van der Waals surface area contributed by atoms with E-state index in [1.165, 1.54) is 321 Å². The summed E-state index contributed by atoms with van der Waals surface area (Å²) in [5.41, 5.74) is 0.